The van der Waals surface area contributed by atoms with E-state index in [1.165, 1.54) is 12.1 Å². The third-order valence-electron chi connectivity index (χ3n) is 4.81. The lowest BCUT2D eigenvalue weighted by atomic mass is 9.78. The fourth-order valence-electron chi connectivity index (χ4n) is 3.24. The first-order chi connectivity index (χ1) is 11.3. The largest absolute Gasteiger partial charge is 0.384 e. The fourth-order valence-corrected chi connectivity index (χ4v) is 3.66. The van der Waals surface area contributed by atoms with Crippen LogP contribution in [-0.4, -0.2) is 39.3 Å². The van der Waals surface area contributed by atoms with Crippen LogP contribution in [0, 0.1) is 11.2 Å². The number of nitrogens with one attached hydrogen (secondary N) is 2. The summed E-state index contributed by atoms with van der Waals surface area (Å²) in [6, 6.07) is 4.38. The number of piperidine rings is 1. The molecule has 1 fully saturated rings. The van der Waals surface area contributed by atoms with Gasteiger partial charge in [0.05, 0.1) is 12.0 Å². The van der Waals surface area contributed by atoms with Gasteiger partial charge in [-0.25, -0.2) is 4.39 Å². The van der Waals surface area contributed by atoms with E-state index in [-0.39, 0.29) is 24.1 Å². The highest BCUT2D eigenvalue weighted by Gasteiger charge is 2.40. The number of methoxy groups -OCH3 is 1. The minimum Gasteiger partial charge on any atom is -0.384 e. The number of carbonyl (C=O) groups is 1. The number of ether oxygens (including phenoxy) is 1. The first-order valence-corrected chi connectivity index (χ1v) is 8.62. The Labute approximate surface area is 160 Å². The van der Waals surface area contributed by atoms with Crippen LogP contribution in [0.5, 0.6) is 0 Å². The van der Waals surface area contributed by atoms with Crippen LogP contribution in [0.25, 0.3) is 0 Å². The molecule has 1 aromatic carbocycles. The molecular weight excluding hydrogens is 366 g/mol. The summed E-state index contributed by atoms with van der Waals surface area (Å²) in [5.41, 5.74) is -0.0680. The van der Waals surface area contributed by atoms with Crippen molar-refractivity contribution in [3.63, 3.8) is 0 Å². The monoisotopic (exact) mass is 392 g/mol. The van der Waals surface area contributed by atoms with E-state index in [4.69, 9.17) is 16.3 Å². The number of carbonyl (C=O) groups excluding carboxylic acids is 1. The Morgan fingerprint density at radius 2 is 2.04 bits per heavy atom. The predicted molar refractivity (Wildman–Crippen MR) is 101 cm³/mol. The summed E-state index contributed by atoms with van der Waals surface area (Å²) in [6.07, 6.45) is 1.51. The minimum atomic E-state index is -0.483. The first kappa shape index (κ1) is 22.2. The Balaban J connectivity index is 0.00000312. The molecule has 0 bridgehead atoms. The molecule has 1 amide bonds. The SMILES string of the molecule is COCC1(C(=O)NCC(C)(C)c2ccc(F)cc2Cl)CCNCC1.Cl. The topological polar surface area (TPSA) is 50.4 Å². The Morgan fingerprint density at radius 3 is 2.60 bits per heavy atom. The smallest absolute Gasteiger partial charge is 0.228 e. The average molecular weight is 393 g/mol. The fraction of sp³-hybridized carbons (Fsp3) is 0.611. The maximum Gasteiger partial charge on any atom is 0.228 e. The van der Waals surface area contributed by atoms with Crippen LogP contribution in [-0.2, 0) is 14.9 Å². The van der Waals surface area contributed by atoms with Gasteiger partial charge in [-0.2, -0.15) is 0 Å². The Bertz CT molecular complexity index is 585. The number of rotatable bonds is 6. The molecule has 0 atom stereocenters. The van der Waals surface area contributed by atoms with Crippen molar-refractivity contribution in [1.29, 1.82) is 0 Å². The number of hydrogen-bond donors (Lipinski definition) is 2. The molecule has 0 aromatic heterocycles. The Hall–Kier alpha value is -0.880. The number of amides is 1. The molecule has 0 unspecified atom stereocenters. The molecule has 0 spiro atoms. The lowest BCUT2D eigenvalue weighted by Gasteiger charge is -2.37. The third-order valence-corrected chi connectivity index (χ3v) is 5.13. The van der Waals surface area contributed by atoms with Crippen LogP contribution in [0.15, 0.2) is 18.2 Å². The highest BCUT2D eigenvalue weighted by molar-refractivity contribution is 6.31. The van der Waals surface area contributed by atoms with Gasteiger partial charge < -0.3 is 15.4 Å². The second kappa shape index (κ2) is 9.17. The van der Waals surface area contributed by atoms with Gasteiger partial charge in [0.1, 0.15) is 5.82 Å². The maximum absolute atomic E-state index is 13.3. The number of halogens is 3. The molecule has 4 nitrogen and oxygen atoms in total. The standard InChI is InChI=1S/C18H26ClFN2O2.ClH/c1-17(2,14-5-4-13(20)10-15(14)19)11-22-16(23)18(12-24-3)6-8-21-9-7-18;/h4-5,10,21H,6-9,11-12H2,1-3H3,(H,22,23);1H. The van der Waals surface area contributed by atoms with Crippen molar-refractivity contribution in [2.24, 2.45) is 5.41 Å². The van der Waals surface area contributed by atoms with Gasteiger partial charge in [-0.15, -0.1) is 12.4 Å². The molecular formula is C18H27Cl2FN2O2. The predicted octanol–water partition coefficient (Wildman–Crippen LogP) is 3.31. The summed E-state index contributed by atoms with van der Waals surface area (Å²) in [5, 5.41) is 6.71. The van der Waals surface area contributed by atoms with Gasteiger partial charge in [0.15, 0.2) is 0 Å². The van der Waals surface area contributed by atoms with Crippen LogP contribution in [0.1, 0.15) is 32.3 Å². The van der Waals surface area contributed by atoms with Crippen LogP contribution < -0.4 is 10.6 Å². The van der Waals surface area contributed by atoms with Gasteiger partial charge in [0.2, 0.25) is 5.91 Å². The summed E-state index contributed by atoms with van der Waals surface area (Å²) < 4.78 is 18.6. The van der Waals surface area contributed by atoms with Crippen molar-refractivity contribution in [1.82, 2.24) is 10.6 Å². The van der Waals surface area contributed by atoms with Crippen molar-refractivity contribution < 1.29 is 13.9 Å². The van der Waals surface area contributed by atoms with Gasteiger partial charge >= 0.3 is 0 Å². The van der Waals surface area contributed by atoms with Crippen LogP contribution in [0.2, 0.25) is 5.02 Å². The normalized spacial score (nSPS) is 16.8. The van der Waals surface area contributed by atoms with Crippen LogP contribution in [0.4, 0.5) is 4.39 Å². The van der Waals surface area contributed by atoms with E-state index < -0.39 is 10.8 Å². The van der Waals surface area contributed by atoms with Gasteiger partial charge in [0, 0.05) is 24.1 Å². The van der Waals surface area contributed by atoms with Crippen molar-refractivity contribution in [3.05, 3.63) is 34.6 Å². The first-order valence-electron chi connectivity index (χ1n) is 8.24. The zero-order chi connectivity index (χ0) is 17.8. The lowest BCUT2D eigenvalue weighted by molar-refractivity contribution is -0.136. The zero-order valence-corrected chi connectivity index (χ0v) is 16.5. The molecule has 1 aromatic rings. The molecule has 142 valence electrons. The summed E-state index contributed by atoms with van der Waals surface area (Å²) in [6.45, 7) is 6.43. The van der Waals surface area contributed by atoms with E-state index >= 15 is 0 Å². The molecule has 0 radical (unpaired) electrons. The van der Waals surface area contributed by atoms with E-state index in [9.17, 15) is 9.18 Å². The zero-order valence-electron chi connectivity index (χ0n) is 15.0. The maximum atomic E-state index is 13.3. The second-order valence-corrected chi connectivity index (χ2v) is 7.56. The molecule has 1 heterocycles. The molecule has 1 saturated heterocycles. The van der Waals surface area contributed by atoms with E-state index in [1.807, 2.05) is 13.8 Å². The summed E-state index contributed by atoms with van der Waals surface area (Å²) in [7, 11) is 1.62. The molecule has 2 rings (SSSR count). The molecule has 1 aliphatic rings. The summed E-state index contributed by atoms with van der Waals surface area (Å²) in [4.78, 5) is 12.8. The minimum absolute atomic E-state index is 0. The Morgan fingerprint density at radius 1 is 1.40 bits per heavy atom. The average Bonchev–Trinajstić information content (AvgIpc) is 2.53. The van der Waals surface area contributed by atoms with Gasteiger partial charge in [0.25, 0.3) is 0 Å². The van der Waals surface area contributed by atoms with Crippen LogP contribution >= 0.6 is 24.0 Å². The summed E-state index contributed by atoms with van der Waals surface area (Å²) >= 11 is 6.17. The van der Waals surface area contributed by atoms with Crippen molar-refractivity contribution >= 4 is 29.9 Å². The number of benzene rings is 1. The lowest BCUT2D eigenvalue weighted by Crippen LogP contribution is -2.52. The van der Waals surface area contributed by atoms with Crippen molar-refractivity contribution in [2.75, 3.05) is 33.4 Å². The Kier molecular flexibility index (Phi) is 8.13. The van der Waals surface area contributed by atoms with Crippen molar-refractivity contribution in [3.8, 4) is 0 Å². The molecule has 2 N–H and O–H groups in total. The van der Waals surface area contributed by atoms with E-state index in [1.54, 1.807) is 13.2 Å². The molecule has 25 heavy (non-hydrogen) atoms. The molecule has 0 saturated carbocycles. The van der Waals surface area contributed by atoms with Gasteiger partial charge in [-0.1, -0.05) is 31.5 Å². The van der Waals surface area contributed by atoms with Crippen molar-refractivity contribution in [2.45, 2.75) is 32.1 Å². The van der Waals surface area contributed by atoms with Gasteiger partial charge in [-0.3, -0.25) is 4.79 Å². The quantitative estimate of drug-likeness (QED) is 0.780. The third kappa shape index (κ3) is 5.30. The molecule has 0 aliphatic carbocycles. The van der Waals surface area contributed by atoms with E-state index in [0.717, 1.165) is 31.5 Å². The van der Waals surface area contributed by atoms with E-state index in [2.05, 4.69) is 10.6 Å². The molecule has 1 aliphatic heterocycles. The highest BCUT2D eigenvalue weighted by Crippen LogP contribution is 2.32. The second-order valence-electron chi connectivity index (χ2n) is 7.15. The van der Waals surface area contributed by atoms with Gasteiger partial charge in [-0.05, 0) is 43.6 Å². The number of hydrogen-bond acceptors (Lipinski definition) is 3. The molecule has 7 heteroatoms. The summed E-state index contributed by atoms with van der Waals surface area (Å²) in [5.74, 6) is -0.352. The highest BCUT2D eigenvalue weighted by atomic mass is 35.5. The van der Waals surface area contributed by atoms with E-state index in [0.29, 0.717) is 18.2 Å². The van der Waals surface area contributed by atoms with Crippen LogP contribution in [0.3, 0.4) is 0 Å².